The number of benzene rings is 1. The smallest absolute Gasteiger partial charge is 0.129 e. The summed E-state index contributed by atoms with van der Waals surface area (Å²) in [5, 5.41) is 8.57. The molecule has 0 atom stereocenters. The topological polar surface area (TPSA) is 75.2 Å². The first-order valence-corrected chi connectivity index (χ1v) is 9.25. The van der Waals surface area contributed by atoms with E-state index in [1.165, 1.54) is 0 Å². The molecule has 1 aromatic heterocycles. The van der Waals surface area contributed by atoms with Crippen LogP contribution in [0.3, 0.4) is 0 Å². The fourth-order valence-corrected chi connectivity index (χ4v) is 3.61. The Morgan fingerprint density at radius 1 is 1.29 bits per heavy atom. The van der Waals surface area contributed by atoms with Gasteiger partial charge in [-0.2, -0.15) is 11.8 Å². The van der Waals surface area contributed by atoms with Gasteiger partial charge in [-0.1, -0.05) is 0 Å². The quantitative estimate of drug-likeness (QED) is 0.645. The van der Waals surface area contributed by atoms with Crippen LogP contribution >= 0.6 is 11.8 Å². The van der Waals surface area contributed by atoms with Gasteiger partial charge in [0.2, 0.25) is 0 Å². The molecule has 24 heavy (non-hydrogen) atoms. The third-order valence-electron chi connectivity index (χ3n) is 3.97. The SMILES string of the molecule is CCOc1ccc(N)c(C(=N)c2ccnc(N3CCSCC3)c2)c1. The van der Waals surface area contributed by atoms with E-state index < -0.39 is 0 Å². The number of nitrogens with two attached hydrogens (primary N) is 1. The first kappa shape index (κ1) is 16.6. The molecule has 0 spiro atoms. The Labute approximate surface area is 146 Å². The highest BCUT2D eigenvalue weighted by Gasteiger charge is 2.15. The molecule has 1 saturated heterocycles. The molecule has 0 unspecified atom stereocenters. The van der Waals surface area contributed by atoms with Crippen LogP contribution in [0.5, 0.6) is 5.75 Å². The predicted octanol–water partition coefficient (Wildman–Crippen LogP) is 3.03. The summed E-state index contributed by atoms with van der Waals surface area (Å²) >= 11 is 1.97. The second kappa shape index (κ2) is 7.57. The predicted molar refractivity (Wildman–Crippen MR) is 102 cm³/mol. The molecule has 0 saturated carbocycles. The minimum absolute atomic E-state index is 0.393. The van der Waals surface area contributed by atoms with Gasteiger partial charge in [-0.3, -0.25) is 5.41 Å². The summed E-state index contributed by atoms with van der Waals surface area (Å²) in [7, 11) is 0. The fraction of sp³-hybridized carbons (Fsp3) is 0.333. The lowest BCUT2D eigenvalue weighted by molar-refractivity contribution is 0.340. The van der Waals surface area contributed by atoms with Crippen LogP contribution in [0.15, 0.2) is 36.5 Å². The van der Waals surface area contributed by atoms with Crippen molar-refractivity contribution in [3.8, 4) is 5.75 Å². The highest BCUT2D eigenvalue weighted by atomic mass is 32.2. The van der Waals surface area contributed by atoms with Crippen LogP contribution in [0.2, 0.25) is 0 Å². The molecule has 126 valence electrons. The maximum absolute atomic E-state index is 8.57. The van der Waals surface area contributed by atoms with Crippen LogP contribution in [0, 0.1) is 5.41 Å². The lowest BCUT2D eigenvalue weighted by atomic mass is 10.0. The maximum Gasteiger partial charge on any atom is 0.129 e. The number of pyridine rings is 1. The molecule has 6 heteroatoms. The third kappa shape index (κ3) is 3.64. The molecule has 0 radical (unpaired) electrons. The Morgan fingerprint density at radius 3 is 2.83 bits per heavy atom. The number of hydrogen-bond acceptors (Lipinski definition) is 6. The number of thioether (sulfide) groups is 1. The Bertz CT molecular complexity index is 729. The maximum atomic E-state index is 8.57. The summed E-state index contributed by atoms with van der Waals surface area (Å²) in [6.07, 6.45) is 1.77. The molecule has 0 aliphatic carbocycles. The molecule has 1 aromatic carbocycles. The second-order valence-electron chi connectivity index (χ2n) is 5.56. The molecule has 1 fully saturated rings. The van der Waals surface area contributed by atoms with Crippen molar-refractivity contribution >= 4 is 29.0 Å². The van der Waals surface area contributed by atoms with Gasteiger partial charge >= 0.3 is 0 Å². The zero-order valence-corrected chi connectivity index (χ0v) is 14.6. The van der Waals surface area contributed by atoms with Gasteiger partial charge in [0.25, 0.3) is 0 Å². The summed E-state index contributed by atoms with van der Waals surface area (Å²) in [5.74, 6) is 3.89. The van der Waals surface area contributed by atoms with Gasteiger partial charge in [-0.25, -0.2) is 4.98 Å². The van der Waals surface area contributed by atoms with E-state index in [4.69, 9.17) is 15.9 Å². The molecule has 0 amide bonds. The van der Waals surface area contributed by atoms with Crippen molar-refractivity contribution in [2.45, 2.75) is 6.92 Å². The molecule has 1 aliphatic rings. The van der Waals surface area contributed by atoms with Crippen molar-refractivity contribution in [3.05, 3.63) is 47.7 Å². The standard InChI is InChI=1S/C18H22N4OS/c1-2-23-14-3-4-16(19)15(12-14)18(20)13-5-6-21-17(11-13)22-7-9-24-10-8-22/h3-6,11-12,20H,2,7-10,19H2,1H3. The lowest BCUT2D eigenvalue weighted by Gasteiger charge is -2.27. The van der Waals surface area contributed by atoms with Gasteiger partial charge in [-0.15, -0.1) is 0 Å². The Kier molecular flexibility index (Phi) is 5.25. The number of nitrogen functional groups attached to an aromatic ring is 1. The van der Waals surface area contributed by atoms with Crippen LogP contribution in [-0.2, 0) is 0 Å². The minimum atomic E-state index is 0.393. The Morgan fingerprint density at radius 2 is 2.08 bits per heavy atom. The highest BCUT2D eigenvalue weighted by Crippen LogP contribution is 2.24. The molecule has 3 N–H and O–H groups in total. The van der Waals surface area contributed by atoms with E-state index >= 15 is 0 Å². The van der Waals surface area contributed by atoms with E-state index in [1.807, 2.05) is 43.0 Å². The van der Waals surface area contributed by atoms with Crippen LogP contribution in [-0.4, -0.2) is 41.9 Å². The molecular weight excluding hydrogens is 320 g/mol. The Balaban J connectivity index is 1.88. The molecular formula is C18H22N4OS. The van der Waals surface area contributed by atoms with Gasteiger partial charge < -0.3 is 15.4 Å². The van der Waals surface area contributed by atoms with Crippen LogP contribution in [0.25, 0.3) is 0 Å². The van der Waals surface area contributed by atoms with E-state index in [0.29, 0.717) is 23.6 Å². The summed E-state index contributed by atoms with van der Waals surface area (Å²) in [6, 6.07) is 9.29. The largest absolute Gasteiger partial charge is 0.494 e. The molecule has 2 heterocycles. The summed E-state index contributed by atoms with van der Waals surface area (Å²) < 4.78 is 5.53. The summed E-state index contributed by atoms with van der Waals surface area (Å²) in [6.45, 7) is 4.52. The van der Waals surface area contributed by atoms with E-state index in [1.54, 1.807) is 12.3 Å². The van der Waals surface area contributed by atoms with E-state index in [-0.39, 0.29) is 0 Å². The van der Waals surface area contributed by atoms with Crippen molar-refractivity contribution in [2.24, 2.45) is 0 Å². The summed E-state index contributed by atoms with van der Waals surface area (Å²) in [4.78, 5) is 6.74. The van der Waals surface area contributed by atoms with Gasteiger partial charge in [0.05, 0.1) is 12.3 Å². The number of ether oxygens (including phenoxy) is 1. The average Bonchev–Trinajstić information content (AvgIpc) is 2.64. The fourth-order valence-electron chi connectivity index (χ4n) is 2.70. The molecule has 1 aliphatic heterocycles. The zero-order chi connectivity index (χ0) is 16.9. The van der Waals surface area contributed by atoms with Gasteiger partial charge in [0, 0.05) is 47.6 Å². The molecule has 5 nitrogen and oxygen atoms in total. The zero-order valence-electron chi connectivity index (χ0n) is 13.8. The highest BCUT2D eigenvalue weighted by molar-refractivity contribution is 7.99. The van der Waals surface area contributed by atoms with E-state index in [2.05, 4.69) is 9.88 Å². The minimum Gasteiger partial charge on any atom is -0.494 e. The number of rotatable bonds is 5. The number of anilines is 2. The van der Waals surface area contributed by atoms with Crippen molar-refractivity contribution in [1.29, 1.82) is 5.41 Å². The first-order chi connectivity index (χ1) is 11.7. The van der Waals surface area contributed by atoms with Gasteiger partial charge in [-0.05, 0) is 37.3 Å². The van der Waals surface area contributed by atoms with E-state index in [9.17, 15) is 0 Å². The second-order valence-corrected chi connectivity index (χ2v) is 6.78. The van der Waals surface area contributed by atoms with Crippen molar-refractivity contribution < 1.29 is 4.74 Å². The van der Waals surface area contributed by atoms with Crippen molar-refractivity contribution in [2.75, 3.05) is 41.8 Å². The third-order valence-corrected chi connectivity index (χ3v) is 4.92. The van der Waals surface area contributed by atoms with Crippen molar-refractivity contribution in [3.63, 3.8) is 0 Å². The van der Waals surface area contributed by atoms with Crippen LogP contribution < -0.4 is 15.4 Å². The first-order valence-electron chi connectivity index (χ1n) is 8.09. The van der Waals surface area contributed by atoms with Gasteiger partial charge in [0.15, 0.2) is 0 Å². The number of nitrogens with one attached hydrogen (secondary N) is 1. The monoisotopic (exact) mass is 342 g/mol. The number of aromatic nitrogens is 1. The molecule has 0 bridgehead atoms. The van der Waals surface area contributed by atoms with Gasteiger partial charge in [0.1, 0.15) is 11.6 Å². The average molecular weight is 342 g/mol. The lowest BCUT2D eigenvalue weighted by Crippen LogP contribution is -2.33. The normalized spacial score (nSPS) is 14.5. The van der Waals surface area contributed by atoms with Crippen LogP contribution in [0.4, 0.5) is 11.5 Å². The van der Waals surface area contributed by atoms with Crippen LogP contribution in [0.1, 0.15) is 18.1 Å². The number of nitrogens with zero attached hydrogens (tertiary/aromatic N) is 2. The molecule has 3 rings (SSSR count). The Hall–Kier alpha value is -2.21. The summed E-state index contributed by atoms with van der Waals surface area (Å²) in [5.41, 5.74) is 8.56. The number of hydrogen-bond donors (Lipinski definition) is 2. The van der Waals surface area contributed by atoms with Crippen molar-refractivity contribution in [1.82, 2.24) is 4.98 Å². The molecule has 2 aromatic rings. The van der Waals surface area contributed by atoms with E-state index in [0.717, 1.165) is 41.7 Å².